The predicted molar refractivity (Wildman–Crippen MR) is 119 cm³/mol. The highest BCUT2D eigenvalue weighted by Gasteiger charge is 2.42. The molecule has 2 aromatic carbocycles. The third-order valence-electron chi connectivity index (χ3n) is 5.71. The van der Waals surface area contributed by atoms with Gasteiger partial charge in [0.05, 0.1) is 28.5 Å². The minimum absolute atomic E-state index is 0.108. The van der Waals surface area contributed by atoms with Crippen molar-refractivity contribution in [2.24, 2.45) is 7.05 Å². The van der Waals surface area contributed by atoms with Crippen molar-refractivity contribution in [2.45, 2.75) is 23.2 Å². The van der Waals surface area contributed by atoms with Gasteiger partial charge in [0.2, 0.25) is 0 Å². The SMILES string of the molecule is Cn1cnc(S(=O)(=O)N2C[C@H](NC(=O)c3cccc(C(F)(F)F)c3Cl)[C@@H](c3cccc(F)c3)C2)c1. The molecule has 2 heterocycles. The van der Waals surface area contributed by atoms with Gasteiger partial charge in [0.1, 0.15) is 5.82 Å². The number of rotatable bonds is 5. The van der Waals surface area contributed by atoms with Crippen molar-refractivity contribution >= 4 is 27.5 Å². The molecule has 13 heteroatoms. The number of benzene rings is 2. The number of sulfonamides is 1. The quantitative estimate of drug-likeness (QED) is 0.508. The number of carbonyl (C=O) groups is 1. The van der Waals surface area contributed by atoms with Crippen molar-refractivity contribution in [1.82, 2.24) is 19.2 Å². The molecule has 0 saturated carbocycles. The van der Waals surface area contributed by atoms with Crippen LogP contribution in [0, 0.1) is 5.82 Å². The smallest absolute Gasteiger partial charge is 0.347 e. The van der Waals surface area contributed by atoms with Gasteiger partial charge in [-0.3, -0.25) is 4.79 Å². The Kier molecular flexibility index (Phi) is 6.64. The topological polar surface area (TPSA) is 84.3 Å². The van der Waals surface area contributed by atoms with E-state index < -0.39 is 56.0 Å². The van der Waals surface area contributed by atoms with Gasteiger partial charge in [-0.05, 0) is 29.8 Å². The lowest BCUT2D eigenvalue weighted by molar-refractivity contribution is -0.137. The van der Waals surface area contributed by atoms with Gasteiger partial charge in [-0.1, -0.05) is 29.8 Å². The van der Waals surface area contributed by atoms with Crippen molar-refractivity contribution in [3.63, 3.8) is 0 Å². The zero-order valence-electron chi connectivity index (χ0n) is 18.1. The molecule has 1 N–H and O–H groups in total. The van der Waals surface area contributed by atoms with E-state index in [9.17, 15) is 30.8 Å². The number of imidazole rings is 1. The monoisotopic (exact) mass is 530 g/mol. The number of aromatic nitrogens is 2. The van der Waals surface area contributed by atoms with Gasteiger partial charge in [-0.2, -0.15) is 17.5 Å². The van der Waals surface area contributed by atoms with Crippen molar-refractivity contribution in [3.05, 3.63) is 82.5 Å². The van der Waals surface area contributed by atoms with Crippen LogP contribution in [0.2, 0.25) is 5.02 Å². The van der Waals surface area contributed by atoms with Crippen LogP contribution in [0.15, 0.2) is 60.0 Å². The fourth-order valence-electron chi connectivity index (χ4n) is 4.01. The number of hydrogen-bond donors (Lipinski definition) is 1. The Morgan fingerprint density at radius 2 is 1.89 bits per heavy atom. The molecule has 186 valence electrons. The molecule has 1 aromatic heterocycles. The van der Waals surface area contributed by atoms with E-state index in [1.807, 2.05) is 0 Å². The lowest BCUT2D eigenvalue weighted by Gasteiger charge is -2.21. The second-order valence-electron chi connectivity index (χ2n) is 8.11. The van der Waals surface area contributed by atoms with Crippen molar-refractivity contribution < 1.29 is 30.8 Å². The Bertz CT molecular complexity index is 1380. The van der Waals surface area contributed by atoms with E-state index in [-0.39, 0.29) is 18.1 Å². The minimum atomic E-state index is -4.77. The first-order chi connectivity index (χ1) is 16.4. The minimum Gasteiger partial charge on any atom is -0.347 e. The number of nitrogens with zero attached hydrogens (tertiary/aromatic N) is 3. The highest BCUT2D eigenvalue weighted by atomic mass is 35.5. The van der Waals surface area contributed by atoms with Crippen LogP contribution in [-0.4, -0.2) is 47.3 Å². The van der Waals surface area contributed by atoms with E-state index in [0.29, 0.717) is 5.56 Å². The number of aryl methyl sites for hydroxylation is 1. The number of alkyl halides is 3. The molecule has 1 aliphatic rings. The molecule has 4 rings (SSSR count). The Balaban J connectivity index is 1.67. The molecule has 7 nitrogen and oxygen atoms in total. The molecule has 35 heavy (non-hydrogen) atoms. The molecule has 1 fully saturated rings. The number of carbonyl (C=O) groups excluding carboxylic acids is 1. The molecule has 1 amide bonds. The zero-order valence-corrected chi connectivity index (χ0v) is 19.7. The van der Waals surface area contributed by atoms with E-state index in [2.05, 4.69) is 10.3 Å². The summed E-state index contributed by atoms with van der Waals surface area (Å²) in [6.45, 7) is -0.313. The summed E-state index contributed by atoms with van der Waals surface area (Å²) < 4.78 is 82.4. The number of hydrogen-bond acceptors (Lipinski definition) is 4. The van der Waals surface area contributed by atoms with Gasteiger partial charge in [-0.15, -0.1) is 0 Å². The molecule has 1 aliphatic heterocycles. The van der Waals surface area contributed by atoms with Crippen molar-refractivity contribution in [1.29, 1.82) is 0 Å². The first-order valence-corrected chi connectivity index (χ1v) is 12.1. The van der Waals surface area contributed by atoms with Crippen LogP contribution < -0.4 is 5.32 Å². The average Bonchev–Trinajstić information content (AvgIpc) is 3.40. The molecular formula is C22H19ClF4N4O3S. The standard InChI is InChI=1S/C22H19ClF4N4O3S/c1-30-11-19(28-12-30)35(33,34)31-9-16(13-4-2-5-14(24)8-13)18(10-31)29-21(32)15-6-3-7-17(20(15)23)22(25,26)27/h2-8,11-12,16,18H,9-10H2,1H3,(H,29,32)/t16-,18+/m1/s1. The molecule has 0 unspecified atom stereocenters. The van der Waals surface area contributed by atoms with Gasteiger partial charge in [0.25, 0.3) is 15.9 Å². The van der Waals surface area contributed by atoms with Crippen LogP contribution in [0.25, 0.3) is 0 Å². The van der Waals surface area contributed by atoms with E-state index in [1.165, 1.54) is 35.3 Å². The Morgan fingerprint density at radius 1 is 1.17 bits per heavy atom. The molecule has 0 spiro atoms. The van der Waals surface area contributed by atoms with E-state index in [1.54, 1.807) is 13.1 Å². The maximum absolute atomic E-state index is 13.9. The fourth-order valence-corrected chi connectivity index (χ4v) is 5.79. The summed E-state index contributed by atoms with van der Waals surface area (Å²) in [6, 6.07) is 7.54. The van der Waals surface area contributed by atoms with Crippen molar-refractivity contribution in [2.75, 3.05) is 13.1 Å². The van der Waals surface area contributed by atoms with Crippen LogP contribution >= 0.6 is 11.6 Å². The molecule has 1 saturated heterocycles. The van der Waals surface area contributed by atoms with E-state index in [0.717, 1.165) is 22.5 Å². The fraction of sp³-hybridized carbons (Fsp3) is 0.273. The highest BCUT2D eigenvalue weighted by Crippen LogP contribution is 2.37. The number of halogens is 5. The molecule has 3 aromatic rings. The summed E-state index contributed by atoms with van der Waals surface area (Å²) in [5.41, 5.74) is -1.16. The van der Waals surface area contributed by atoms with E-state index in [4.69, 9.17) is 11.6 Å². The Morgan fingerprint density at radius 3 is 2.51 bits per heavy atom. The van der Waals surface area contributed by atoms with Crippen LogP contribution in [0.3, 0.4) is 0 Å². The summed E-state index contributed by atoms with van der Waals surface area (Å²) in [4.78, 5) is 16.8. The maximum atomic E-state index is 13.9. The first-order valence-electron chi connectivity index (χ1n) is 10.3. The maximum Gasteiger partial charge on any atom is 0.417 e. The normalized spacial score (nSPS) is 19.1. The number of amides is 1. The number of nitrogens with one attached hydrogen (secondary N) is 1. The van der Waals surface area contributed by atoms with Crippen molar-refractivity contribution in [3.8, 4) is 0 Å². The van der Waals surface area contributed by atoms with Gasteiger partial charge in [0, 0.05) is 32.3 Å². The van der Waals surface area contributed by atoms with Gasteiger partial charge < -0.3 is 9.88 Å². The van der Waals surface area contributed by atoms with Crippen LogP contribution in [0.4, 0.5) is 17.6 Å². The summed E-state index contributed by atoms with van der Waals surface area (Å²) >= 11 is 5.88. The van der Waals surface area contributed by atoms with E-state index >= 15 is 0 Å². The summed E-state index contributed by atoms with van der Waals surface area (Å²) in [7, 11) is -2.45. The molecular weight excluding hydrogens is 512 g/mol. The average molecular weight is 531 g/mol. The Labute approximate surface area is 203 Å². The summed E-state index contributed by atoms with van der Waals surface area (Å²) in [6.07, 6.45) is -2.12. The highest BCUT2D eigenvalue weighted by molar-refractivity contribution is 7.89. The first kappa shape index (κ1) is 25.1. The molecule has 0 aliphatic carbocycles. The third-order valence-corrected chi connectivity index (χ3v) is 7.84. The van der Waals surface area contributed by atoms with Crippen LogP contribution in [-0.2, 0) is 23.2 Å². The lowest BCUT2D eigenvalue weighted by atomic mass is 9.94. The summed E-state index contributed by atoms with van der Waals surface area (Å²) in [5, 5.41) is 1.63. The Hall–Kier alpha value is -2.96. The van der Waals surface area contributed by atoms with Crippen LogP contribution in [0.5, 0.6) is 0 Å². The largest absolute Gasteiger partial charge is 0.417 e. The molecule has 0 bridgehead atoms. The second kappa shape index (κ2) is 9.25. The summed E-state index contributed by atoms with van der Waals surface area (Å²) in [5.74, 6) is -2.15. The van der Waals surface area contributed by atoms with Gasteiger partial charge in [-0.25, -0.2) is 17.8 Å². The van der Waals surface area contributed by atoms with Gasteiger partial charge in [0.15, 0.2) is 5.03 Å². The zero-order chi connectivity index (χ0) is 25.5. The van der Waals surface area contributed by atoms with Gasteiger partial charge >= 0.3 is 6.18 Å². The predicted octanol–water partition coefficient (Wildman–Crippen LogP) is 3.82. The van der Waals surface area contributed by atoms with Crippen LogP contribution in [0.1, 0.15) is 27.4 Å². The molecule has 2 atom stereocenters. The molecule has 0 radical (unpaired) electrons. The lowest BCUT2D eigenvalue weighted by Crippen LogP contribution is -2.40. The third kappa shape index (κ3) is 5.04. The second-order valence-corrected chi connectivity index (χ2v) is 10.4.